The van der Waals surface area contributed by atoms with Crippen LogP contribution in [0.2, 0.25) is 0 Å². The summed E-state index contributed by atoms with van der Waals surface area (Å²) in [5.74, 6) is 1.68. The van der Waals surface area contributed by atoms with Gasteiger partial charge in [-0.15, -0.1) is 11.3 Å². The molecule has 0 saturated heterocycles. The Morgan fingerprint density at radius 2 is 2.12 bits per heavy atom. The lowest BCUT2D eigenvalue weighted by molar-refractivity contribution is 0.189. The van der Waals surface area contributed by atoms with Gasteiger partial charge in [0.2, 0.25) is 0 Å². The van der Waals surface area contributed by atoms with Crippen LogP contribution in [0.3, 0.4) is 0 Å². The van der Waals surface area contributed by atoms with Gasteiger partial charge in [-0.05, 0) is 54.7 Å². The second-order valence-corrected chi connectivity index (χ2v) is 7.73. The summed E-state index contributed by atoms with van der Waals surface area (Å²) in [4.78, 5) is 3.92. The number of thiophene rings is 1. The van der Waals surface area contributed by atoms with Crippen molar-refractivity contribution in [2.24, 2.45) is 0 Å². The van der Waals surface area contributed by atoms with Gasteiger partial charge in [0.1, 0.15) is 5.75 Å². The normalized spacial score (nSPS) is 14.4. The first kappa shape index (κ1) is 17.5. The van der Waals surface area contributed by atoms with E-state index >= 15 is 0 Å². The van der Waals surface area contributed by atoms with Crippen LogP contribution < -0.4 is 4.74 Å². The van der Waals surface area contributed by atoms with Gasteiger partial charge in [-0.25, -0.2) is 4.68 Å². The van der Waals surface area contributed by atoms with Crippen LogP contribution in [-0.2, 0) is 26.2 Å². The molecule has 2 aromatic heterocycles. The lowest BCUT2D eigenvalue weighted by Gasteiger charge is -2.26. The molecule has 26 heavy (non-hydrogen) atoms. The van der Waals surface area contributed by atoms with Crippen LogP contribution >= 0.6 is 23.6 Å². The van der Waals surface area contributed by atoms with Crippen molar-refractivity contribution in [3.8, 4) is 17.1 Å². The van der Waals surface area contributed by atoms with Crippen LogP contribution in [-0.4, -0.2) is 32.9 Å². The van der Waals surface area contributed by atoms with Gasteiger partial charge in [0.15, 0.2) is 10.6 Å². The zero-order chi connectivity index (χ0) is 18.1. The number of rotatable bonds is 5. The molecule has 7 heteroatoms. The zero-order valence-corrected chi connectivity index (χ0v) is 16.6. The van der Waals surface area contributed by atoms with Crippen molar-refractivity contribution in [1.29, 1.82) is 0 Å². The summed E-state index contributed by atoms with van der Waals surface area (Å²) in [6.07, 6.45) is 1.11. The van der Waals surface area contributed by atoms with Crippen LogP contribution in [0.1, 0.15) is 17.4 Å². The van der Waals surface area contributed by atoms with E-state index in [1.807, 2.05) is 40.3 Å². The highest BCUT2D eigenvalue weighted by molar-refractivity contribution is 7.71. The topological polar surface area (TPSA) is 35.2 Å². The molecule has 3 heterocycles. The summed E-state index contributed by atoms with van der Waals surface area (Å²) in [6, 6.07) is 10.2. The number of aromatic nitrogens is 3. The van der Waals surface area contributed by atoms with Gasteiger partial charge in [0.25, 0.3) is 0 Å². The lowest BCUT2D eigenvalue weighted by atomic mass is 10.1. The quantitative estimate of drug-likeness (QED) is 0.616. The molecule has 136 valence electrons. The maximum absolute atomic E-state index is 5.72. The third kappa shape index (κ3) is 3.11. The number of hydrogen-bond donors (Lipinski definition) is 0. The molecule has 0 unspecified atom stereocenters. The molecular weight excluding hydrogens is 364 g/mol. The van der Waals surface area contributed by atoms with Crippen molar-refractivity contribution in [1.82, 2.24) is 19.2 Å². The fraction of sp³-hybridized carbons (Fsp3) is 0.368. The molecule has 1 aromatic carbocycles. The van der Waals surface area contributed by atoms with Crippen molar-refractivity contribution in [3.05, 3.63) is 50.9 Å². The van der Waals surface area contributed by atoms with E-state index in [-0.39, 0.29) is 0 Å². The highest BCUT2D eigenvalue weighted by Crippen LogP contribution is 2.29. The van der Waals surface area contributed by atoms with Gasteiger partial charge in [0, 0.05) is 24.5 Å². The second kappa shape index (κ2) is 7.34. The number of para-hydroxylation sites is 1. The Balaban J connectivity index is 1.66. The summed E-state index contributed by atoms with van der Waals surface area (Å²) in [5.41, 5.74) is 2.41. The SMILES string of the molecule is CCn1c(-c2ccccc2OC)nn(CN2CCc3sccc3C2)c1=S. The first-order chi connectivity index (χ1) is 12.7. The maximum Gasteiger partial charge on any atom is 0.199 e. The smallest absolute Gasteiger partial charge is 0.199 e. The van der Waals surface area contributed by atoms with Crippen LogP contribution in [0.25, 0.3) is 11.4 Å². The van der Waals surface area contributed by atoms with Crippen LogP contribution in [0.5, 0.6) is 5.75 Å². The Labute approximate surface area is 162 Å². The third-order valence-corrected chi connectivity index (χ3v) is 6.26. The van der Waals surface area contributed by atoms with Gasteiger partial charge in [-0.3, -0.25) is 4.90 Å². The van der Waals surface area contributed by atoms with Crippen molar-refractivity contribution in [2.75, 3.05) is 13.7 Å². The summed E-state index contributed by atoms with van der Waals surface area (Å²) in [5, 5.41) is 7.04. The molecule has 0 atom stereocenters. The molecule has 0 bridgehead atoms. The van der Waals surface area contributed by atoms with E-state index in [2.05, 4.69) is 27.8 Å². The van der Waals surface area contributed by atoms with Crippen molar-refractivity contribution in [2.45, 2.75) is 33.1 Å². The van der Waals surface area contributed by atoms with Crippen molar-refractivity contribution < 1.29 is 4.74 Å². The summed E-state index contributed by atoms with van der Waals surface area (Å²) in [6.45, 7) is 5.59. The average Bonchev–Trinajstić information content (AvgIpc) is 3.26. The van der Waals surface area contributed by atoms with E-state index in [9.17, 15) is 0 Å². The minimum Gasteiger partial charge on any atom is -0.496 e. The Bertz CT molecular complexity index is 972. The molecule has 1 aliphatic rings. The van der Waals surface area contributed by atoms with Crippen molar-refractivity contribution >= 4 is 23.6 Å². The number of nitrogens with zero attached hydrogens (tertiary/aromatic N) is 4. The predicted octanol–water partition coefficient (Wildman–Crippen LogP) is 4.19. The number of methoxy groups -OCH3 is 1. The van der Waals surface area contributed by atoms with Crippen LogP contribution in [0, 0.1) is 4.77 Å². The zero-order valence-electron chi connectivity index (χ0n) is 15.0. The summed E-state index contributed by atoms with van der Waals surface area (Å²) in [7, 11) is 1.69. The first-order valence-corrected chi connectivity index (χ1v) is 10.1. The molecule has 0 radical (unpaired) electrons. The average molecular weight is 387 g/mol. The Morgan fingerprint density at radius 1 is 1.27 bits per heavy atom. The fourth-order valence-corrected chi connectivity index (χ4v) is 4.67. The minimum atomic E-state index is 0.712. The molecular formula is C19H22N4OS2. The fourth-order valence-electron chi connectivity index (χ4n) is 3.46. The van der Waals surface area contributed by atoms with Gasteiger partial charge in [-0.2, -0.15) is 5.10 Å². The molecule has 0 fully saturated rings. The first-order valence-electron chi connectivity index (χ1n) is 8.80. The third-order valence-electron chi connectivity index (χ3n) is 4.81. The highest BCUT2D eigenvalue weighted by Gasteiger charge is 2.20. The molecule has 0 aliphatic carbocycles. The molecule has 5 nitrogen and oxygen atoms in total. The maximum atomic E-state index is 5.72. The number of ether oxygens (including phenoxy) is 1. The monoisotopic (exact) mass is 386 g/mol. The van der Waals surface area contributed by atoms with Crippen LogP contribution in [0.15, 0.2) is 35.7 Å². The van der Waals surface area contributed by atoms with E-state index in [0.717, 1.165) is 48.0 Å². The van der Waals surface area contributed by atoms with Crippen molar-refractivity contribution in [3.63, 3.8) is 0 Å². The standard InChI is InChI=1S/C19H22N4OS2/c1-3-22-18(15-6-4-5-7-16(15)24-2)20-23(19(22)25)13-21-10-8-17-14(12-21)9-11-26-17/h4-7,9,11H,3,8,10,12-13H2,1-2H3. The summed E-state index contributed by atoms with van der Waals surface area (Å²) < 4.78 is 10.3. The van der Waals surface area contributed by atoms with Gasteiger partial charge < -0.3 is 9.30 Å². The van der Waals surface area contributed by atoms with E-state index in [1.165, 1.54) is 10.4 Å². The molecule has 0 spiro atoms. The molecule has 0 N–H and O–H groups in total. The van der Waals surface area contributed by atoms with Gasteiger partial charge in [0.05, 0.1) is 19.3 Å². The predicted molar refractivity (Wildman–Crippen MR) is 107 cm³/mol. The molecule has 0 amide bonds. The highest BCUT2D eigenvalue weighted by atomic mass is 32.1. The Hall–Kier alpha value is -1.96. The largest absolute Gasteiger partial charge is 0.496 e. The van der Waals surface area contributed by atoms with E-state index in [1.54, 1.807) is 7.11 Å². The van der Waals surface area contributed by atoms with E-state index in [4.69, 9.17) is 22.1 Å². The molecule has 4 rings (SSSR count). The Kier molecular flexibility index (Phi) is 4.93. The molecule has 1 aliphatic heterocycles. The lowest BCUT2D eigenvalue weighted by Crippen LogP contribution is -2.32. The van der Waals surface area contributed by atoms with E-state index < -0.39 is 0 Å². The second-order valence-electron chi connectivity index (χ2n) is 6.36. The number of benzene rings is 1. The Morgan fingerprint density at radius 3 is 2.92 bits per heavy atom. The van der Waals surface area contributed by atoms with Gasteiger partial charge >= 0.3 is 0 Å². The number of hydrogen-bond acceptors (Lipinski definition) is 5. The molecule has 3 aromatic rings. The summed E-state index contributed by atoms with van der Waals surface area (Å²) >= 11 is 7.58. The minimum absolute atomic E-state index is 0.712. The van der Waals surface area contributed by atoms with Crippen LogP contribution in [0.4, 0.5) is 0 Å². The van der Waals surface area contributed by atoms with Gasteiger partial charge in [-0.1, -0.05) is 12.1 Å². The van der Waals surface area contributed by atoms with E-state index in [0.29, 0.717) is 6.67 Å². The number of fused-ring (bicyclic) bond motifs is 1. The molecule has 0 saturated carbocycles.